The number of nitrogens with one attached hydrogen (secondary N) is 1. The molecule has 1 aliphatic rings. The van der Waals surface area contributed by atoms with Gasteiger partial charge in [-0.1, -0.05) is 6.07 Å². The highest BCUT2D eigenvalue weighted by Crippen LogP contribution is 2.16. The van der Waals surface area contributed by atoms with E-state index in [0.717, 1.165) is 0 Å². The van der Waals surface area contributed by atoms with Crippen molar-refractivity contribution < 1.29 is 18.7 Å². The molecule has 116 valence electrons. The van der Waals surface area contributed by atoms with Gasteiger partial charge in [-0.2, -0.15) is 0 Å². The zero-order chi connectivity index (χ0) is 15.2. The molecule has 1 fully saturated rings. The number of benzene rings is 1. The first-order chi connectivity index (χ1) is 10.1. The molecule has 0 radical (unpaired) electrons. The normalized spacial score (nSPS) is 16.6. The summed E-state index contributed by atoms with van der Waals surface area (Å²) in [5, 5.41) is 3.06. The number of rotatable bonds is 5. The quantitative estimate of drug-likeness (QED) is 0.886. The van der Waals surface area contributed by atoms with Gasteiger partial charge in [-0.05, 0) is 13.0 Å². The Morgan fingerprint density at radius 1 is 1.48 bits per heavy atom. The van der Waals surface area contributed by atoms with Crippen LogP contribution in [0.4, 0.5) is 4.39 Å². The predicted octanol–water partition coefficient (Wildman–Crippen LogP) is 1.17. The van der Waals surface area contributed by atoms with Gasteiger partial charge in [0.05, 0.1) is 26.4 Å². The molecule has 5 nitrogen and oxygen atoms in total. The van der Waals surface area contributed by atoms with Crippen LogP contribution in [0.15, 0.2) is 18.2 Å². The summed E-state index contributed by atoms with van der Waals surface area (Å²) in [6.07, 6.45) is 0. The average Bonchev–Trinajstić information content (AvgIpc) is 2.53. The number of carbonyl (C=O) groups excluding carboxylic acids is 1. The molecule has 0 spiro atoms. The van der Waals surface area contributed by atoms with Gasteiger partial charge in [0, 0.05) is 31.3 Å². The minimum absolute atomic E-state index is 0.0206. The summed E-state index contributed by atoms with van der Waals surface area (Å²) < 4.78 is 24.0. The van der Waals surface area contributed by atoms with Gasteiger partial charge < -0.3 is 19.7 Å². The fraction of sp³-hybridized carbons (Fsp3) is 0.533. The Hall–Kier alpha value is -1.66. The van der Waals surface area contributed by atoms with E-state index < -0.39 is 0 Å². The maximum Gasteiger partial charge on any atom is 0.239 e. The molecule has 1 amide bonds. The lowest BCUT2D eigenvalue weighted by molar-refractivity contribution is -0.137. The van der Waals surface area contributed by atoms with Crippen molar-refractivity contribution >= 4 is 5.91 Å². The lowest BCUT2D eigenvalue weighted by Crippen LogP contribution is -2.49. The molecule has 0 bridgehead atoms. The SMILES string of the molecule is COc1ccc(CNC(C)C(=O)N2CCOCC2)c(F)c1. The van der Waals surface area contributed by atoms with Gasteiger partial charge in [-0.25, -0.2) is 4.39 Å². The van der Waals surface area contributed by atoms with Crippen LogP contribution in [0.1, 0.15) is 12.5 Å². The number of hydrogen-bond acceptors (Lipinski definition) is 4. The lowest BCUT2D eigenvalue weighted by Gasteiger charge is -2.29. The van der Waals surface area contributed by atoms with Gasteiger partial charge in [0.25, 0.3) is 0 Å². The standard InChI is InChI=1S/C15H21FN2O3/c1-11(15(19)18-5-7-21-8-6-18)17-10-12-3-4-13(20-2)9-14(12)16/h3-4,9,11,17H,5-8,10H2,1-2H3. The fourth-order valence-corrected chi connectivity index (χ4v) is 2.21. The van der Waals surface area contributed by atoms with Gasteiger partial charge in [0.15, 0.2) is 0 Å². The van der Waals surface area contributed by atoms with Crippen LogP contribution < -0.4 is 10.1 Å². The number of methoxy groups -OCH3 is 1. The van der Waals surface area contributed by atoms with E-state index in [1.54, 1.807) is 24.0 Å². The topological polar surface area (TPSA) is 50.8 Å². The van der Waals surface area contributed by atoms with Crippen LogP contribution >= 0.6 is 0 Å². The Balaban J connectivity index is 1.88. The molecule has 1 heterocycles. The summed E-state index contributed by atoms with van der Waals surface area (Å²) in [6, 6.07) is 4.34. The Labute approximate surface area is 124 Å². The minimum atomic E-state index is -0.357. The molecule has 0 aromatic heterocycles. The van der Waals surface area contributed by atoms with Gasteiger partial charge in [-0.15, -0.1) is 0 Å². The van der Waals surface area contributed by atoms with E-state index in [0.29, 0.717) is 44.2 Å². The van der Waals surface area contributed by atoms with Crippen LogP contribution in [0.25, 0.3) is 0 Å². The molecule has 1 unspecified atom stereocenters. The van der Waals surface area contributed by atoms with Crippen molar-refractivity contribution in [2.45, 2.75) is 19.5 Å². The molecule has 1 N–H and O–H groups in total. The summed E-state index contributed by atoms with van der Waals surface area (Å²) >= 11 is 0. The van der Waals surface area contributed by atoms with Gasteiger partial charge >= 0.3 is 0 Å². The Morgan fingerprint density at radius 3 is 2.81 bits per heavy atom. The van der Waals surface area contributed by atoms with Crippen LogP contribution in [0.2, 0.25) is 0 Å². The van der Waals surface area contributed by atoms with Crippen molar-refractivity contribution in [2.75, 3.05) is 33.4 Å². The first kappa shape index (κ1) is 15.7. The summed E-state index contributed by atoms with van der Waals surface area (Å²) in [5.74, 6) is 0.161. The molecule has 0 saturated carbocycles. The number of ether oxygens (including phenoxy) is 2. The number of carbonyl (C=O) groups is 1. The number of morpholine rings is 1. The van der Waals surface area contributed by atoms with Crippen LogP contribution in [0, 0.1) is 5.82 Å². The van der Waals surface area contributed by atoms with E-state index >= 15 is 0 Å². The summed E-state index contributed by atoms with van der Waals surface area (Å²) in [4.78, 5) is 14.0. The first-order valence-electron chi connectivity index (χ1n) is 7.04. The highest BCUT2D eigenvalue weighted by Gasteiger charge is 2.22. The smallest absolute Gasteiger partial charge is 0.239 e. The van der Waals surface area contributed by atoms with E-state index in [4.69, 9.17) is 9.47 Å². The van der Waals surface area contributed by atoms with Crippen molar-refractivity contribution in [2.24, 2.45) is 0 Å². The molecule has 1 aliphatic heterocycles. The maximum atomic E-state index is 13.8. The van der Waals surface area contributed by atoms with Crippen molar-refractivity contribution in [3.8, 4) is 5.75 Å². The number of hydrogen-bond donors (Lipinski definition) is 1. The molecular weight excluding hydrogens is 275 g/mol. The van der Waals surface area contributed by atoms with E-state index in [2.05, 4.69) is 5.32 Å². The Bertz CT molecular complexity index is 490. The molecular formula is C15H21FN2O3. The van der Waals surface area contributed by atoms with Gasteiger partial charge in [0.2, 0.25) is 5.91 Å². The lowest BCUT2D eigenvalue weighted by atomic mass is 10.2. The van der Waals surface area contributed by atoms with Crippen molar-refractivity contribution in [1.82, 2.24) is 10.2 Å². The van der Waals surface area contributed by atoms with E-state index in [-0.39, 0.29) is 17.8 Å². The molecule has 21 heavy (non-hydrogen) atoms. The van der Waals surface area contributed by atoms with E-state index in [9.17, 15) is 9.18 Å². The zero-order valence-corrected chi connectivity index (χ0v) is 12.4. The number of halogens is 1. The van der Waals surface area contributed by atoms with Crippen molar-refractivity contribution in [3.63, 3.8) is 0 Å². The minimum Gasteiger partial charge on any atom is -0.497 e. The fourth-order valence-electron chi connectivity index (χ4n) is 2.21. The van der Waals surface area contributed by atoms with E-state index in [1.807, 2.05) is 0 Å². The highest BCUT2D eigenvalue weighted by atomic mass is 19.1. The monoisotopic (exact) mass is 296 g/mol. The Kier molecular flexibility index (Phi) is 5.52. The van der Waals surface area contributed by atoms with Gasteiger partial charge in [-0.3, -0.25) is 4.79 Å². The molecule has 1 atom stereocenters. The highest BCUT2D eigenvalue weighted by molar-refractivity contribution is 5.81. The van der Waals surface area contributed by atoms with Crippen molar-refractivity contribution in [1.29, 1.82) is 0 Å². The number of nitrogens with zero attached hydrogens (tertiary/aromatic N) is 1. The maximum absolute atomic E-state index is 13.8. The first-order valence-corrected chi connectivity index (χ1v) is 7.04. The van der Waals surface area contributed by atoms with Crippen LogP contribution in [-0.2, 0) is 16.1 Å². The summed E-state index contributed by atoms with van der Waals surface area (Å²) in [7, 11) is 1.50. The van der Waals surface area contributed by atoms with Crippen LogP contribution in [-0.4, -0.2) is 50.3 Å². The van der Waals surface area contributed by atoms with Crippen LogP contribution in [0.3, 0.4) is 0 Å². The third-order valence-corrected chi connectivity index (χ3v) is 3.55. The van der Waals surface area contributed by atoms with Crippen molar-refractivity contribution in [3.05, 3.63) is 29.6 Å². The molecule has 6 heteroatoms. The van der Waals surface area contributed by atoms with Gasteiger partial charge in [0.1, 0.15) is 11.6 Å². The molecule has 1 aromatic rings. The van der Waals surface area contributed by atoms with Crippen LogP contribution in [0.5, 0.6) is 5.75 Å². The second-order valence-corrected chi connectivity index (χ2v) is 5.00. The Morgan fingerprint density at radius 2 is 2.19 bits per heavy atom. The second kappa shape index (κ2) is 7.38. The largest absolute Gasteiger partial charge is 0.497 e. The summed E-state index contributed by atoms with van der Waals surface area (Å²) in [6.45, 7) is 4.47. The third kappa shape index (κ3) is 4.15. The predicted molar refractivity (Wildman–Crippen MR) is 76.7 cm³/mol. The van der Waals surface area contributed by atoms with E-state index in [1.165, 1.54) is 13.2 Å². The molecule has 0 aliphatic carbocycles. The second-order valence-electron chi connectivity index (χ2n) is 5.00. The molecule has 1 saturated heterocycles. The summed E-state index contributed by atoms with van der Waals surface area (Å²) in [5.41, 5.74) is 0.512. The third-order valence-electron chi connectivity index (χ3n) is 3.55. The zero-order valence-electron chi connectivity index (χ0n) is 12.4. The molecule has 1 aromatic carbocycles. The molecule has 2 rings (SSSR count). The number of amides is 1. The average molecular weight is 296 g/mol.